The summed E-state index contributed by atoms with van der Waals surface area (Å²) < 4.78 is 46.2. The Kier molecular flexibility index (Phi) is 4.42. The fourth-order valence-corrected chi connectivity index (χ4v) is 3.01. The first kappa shape index (κ1) is 18.2. The van der Waals surface area contributed by atoms with Crippen molar-refractivity contribution in [3.63, 3.8) is 0 Å². The van der Waals surface area contributed by atoms with Crippen LogP contribution in [-0.4, -0.2) is 17.6 Å². The van der Waals surface area contributed by atoms with Crippen LogP contribution in [0, 0.1) is 6.92 Å². The summed E-state index contributed by atoms with van der Waals surface area (Å²) in [4.78, 5) is 12.6. The van der Waals surface area contributed by atoms with Crippen LogP contribution in [0.2, 0.25) is 0 Å². The highest BCUT2D eigenvalue weighted by atomic mass is 19.4. The minimum absolute atomic E-state index is 0.0146. The maximum Gasteiger partial charge on any atom is 0.420 e. The Bertz CT molecular complexity index is 875. The molecule has 0 bridgehead atoms. The number of hydrogen-bond donors (Lipinski definition) is 0. The first-order chi connectivity index (χ1) is 12.0. The summed E-state index contributed by atoms with van der Waals surface area (Å²) in [5.74, 6) is -0.423. The van der Waals surface area contributed by atoms with E-state index in [2.05, 4.69) is 0 Å². The Morgan fingerprint density at radius 1 is 1.12 bits per heavy atom. The van der Waals surface area contributed by atoms with Gasteiger partial charge in [0.05, 0.1) is 0 Å². The lowest BCUT2D eigenvalue weighted by Gasteiger charge is -2.16. The van der Waals surface area contributed by atoms with Crippen molar-refractivity contribution in [2.75, 3.05) is 0 Å². The molecule has 136 valence electrons. The van der Waals surface area contributed by atoms with Crippen LogP contribution in [-0.2, 0) is 6.42 Å². The number of benzene rings is 2. The number of rotatable bonds is 3. The molecule has 0 N–H and O–H groups in total. The van der Waals surface area contributed by atoms with Crippen LogP contribution < -0.4 is 4.74 Å². The second-order valence-electron chi connectivity index (χ2n) is 7.16. The molecule has 0 amide bonds. The summed E-state index contributed by atoms with van der Waals surface area (Å²) in [5.41, 5.74) is 0.428. The number of hydrogen-bond acceptors (Lipinski definition) is 2. The summed E-state index contributed by atoms with van der Waals surface area (Å²) in [6, 6.07) is 11.0. The number of carbonyl (C=O) groups is 1. The molecule has 5 heteroatoms. The minimum Gasteiger partial charge on any atom is -0.487 e. The lowest BCUT2D eigenvalue weighted by Crippen LogP contribution is -2.24. The predicted molar refractivity (Wildman–Crippen MR) is 94.4 cm³/mol. The zero-order valence-corrected chi connectivity index (χ0v) is 14.8. The van der Waals surface area contributed by atoms with Gasteiger partial charge in [0.1, 0.15) is 16.9 Å². The average molecular weight is 360 g/mol. The van der Waals surface area contributed by atoms with Gasteiger partial charge in [-0.05, 0) is 56.2 Å². The van der Waals surface area contributed by atoms with Crippen LogP contribution in [0.5, 0.6) is 5.75 Å². The molecule has 1 heterocycles. The van der Waals surface area contributed by atoms with Gasteiger partial charge in [0.2, 0.25) is 0 Å². The summed E-state index contributed by atoms with van der Waals surface area (Å²) >= 11 is 0. The van der Waals surface area contributed by atoms with E-state index < -0.39 is 23.1 Å². The third-order valence-corrected chi connectivity index (χ3v) is 4.26. The molecule has 2 aromatic rings. The van der Waals surface area contributed by atoms with Gasteiger partial charge in [-0.3, -0.25) is 4.79 Å². The third-order valence-electron chi connectivity index (χ3n) is 4.26. The summed E-state index contributed by atoms with van der Waals surface area (Å²) in [6.07, 6.45) is -3.29. The number of fused-ring (bicyclic) bond motifs is 1. The van der Waals surface area contributed by atoms with E-state index in [1.807, 2.05) is 20.8 Å². The van der Waals surface area contributed by atoms with E-state index in [9.17, 15) is 18.0 Å². The third kappa shape index (κ3) is 3.82. The van der Waals surface area contributed by atoms with Gasteiger partial charge in [-0.15, -0.1) is 0 Å². The van der Waals surface area contributed by atoms with Gasteiger partial charge in [-0.1, -0.05) is 29.8 Å². The zero-order valence-electron chi connectivity index (χ0n) is 14.8. The zero-order chi connectivity index (χ0) is 19.1. The van der Waals surface area contributed by atoms with Gasteiger partial charge in [-0.2, -0.15) is 13.2 Å². The standard InChI is InChI=1S/C21H19F3O2/c1-13-4-6-14(7-5-13)10-17(21(22,23)24)19(25)15-8-9-18-16(11-15)12-20(2,3)26-18/h4-11H,12H2,1-3H3. The fourth-order valence-electron chi connectivity index (χ4n) is 3.01. The first-order valence-corrected chi connectivity index (χ1v) is 8.27. The normalized spacial score (nSPS) is 16.2. The maximum absolute atomic E-state index is 13.5. The van der Waals surface area contributed by atoms with Gasteiger partial charge < -0.3 is 4.74 Å². The van der Waals surface area contributed by atoms with Crippen LogP contribution in [0.25, 0.3) is 6.08 Å². The second kappa shape index (κ2) is 6.31. The number of Topliss-reactive ketones (excluding diaryl/α,β-unsaturated/α-hetero) is 1. The molecule has 1 aliphatic heterocycles. The van der Waals surface area contributed by atoms with Gasteiger partial charge in [-0.25, -0.2) is 0 Å². The van der Waals surface area contributed by atoms with Crippen LogP contribution in [0.15, 0.2) is 48.0 Å². The molecule has 2 aromatic carbocycles. The van der Waals surface area contributed by atoms with Gasteiger partial charge in [0, 0.05) is 12.0 Å². The van der Waals surface area contributed by atoms with Crippen molar-refractivity contribution < 1.29 is 22.7 Å². The van der Waals surface area contributed by atoms with E-state index in [0.717, 1.165) is 17.2 Å². The maximum atomic E-state index is 13.5. The molecule has 1 aliphatic rings. The Hall–Kier alpha value is -2.56. The average Bonchev–Trinajstić information content (AvgIpc) is 2.85. The van der Waals surface area contributed by atoms with Crippen LogP contribution in [0.3, 0.4) is 0 Å². The SMILES string of the molecule is Cc1ccc(C=C(C(=O)c2ccc3c(c2)CC(C)(C)O3)C(F)(F)F)cc1. The van der Waals surface area contributed by atoms with E-state index >= 15 is 0 Å². The van der Waals surface area contributed by atoms with Crippen molar-refractivity contribution in [2.45, 2.75) is 39.0 Å². The molecule has 0 aliphatic carbocycles. The highest BCUT2D eigenvalue weighted by Gasteiger charge is 2.39. The molecule has 0 spiro atoms. The largest absolute Gasteiger partial charge is 0.487 e. The summed E-state index contributed by atoms with van der Waals surface area (Å²) in [6.45, 7) is 5.64. The molecule has 0 fully saturated rings. The van der Waals surface area contributed by atoms with Crippen molar-refractivity contribution in [3.05, 3.63) is 70.3 Å². The Balaban J connectivity index is 1.98. The number of halogens is 3. The molecule has 2 nitrogen and oxygen atoms in total. The molecule has 0 unspecified atom stereocenters. The van der Waals surface area contributed by atoms with Crippen molar-refractivity contribution in [3.8, 4) is 5.75 Å². The number of ether oxygens (including phenoxy) is 1. The van der Waals surface area contributed by atoms with Crippen molar-refractivity contribution in [2.24, 2.45) is 0 Å². The summed E-state index contributed by atoms with van der Waals surface area (Å²) in [7, 11) is 0. The highest BCUT2D eigenvalue weighted by Crippen LogP contribution is 2.37. The molecule has 0 saturated heterocycles. The van der Waals surface area contributed by atoms with Crippen LogP contribution in [0.4, 0.5) is 13.2 Å². The number of aryl methyl sites for hydroxylation is 1. The van der Waals surface area contributed by atoms with Crippen LogP contribution >= 0.6 is 0 Å². The van der Waals surface area contributed by atoms with Gasteiger partial charge >= 0.3 is 6.18 Å². The van der Waals surface area contributed by atoms with E-state index in [1.165, 1.54) is 12.1 Å². The lowest BCUT2D eigenvalue weighted by molar-refractivity contribution is -0.0878. The molecule has 0 radical (unpaired) electrons. The van der Waals surface area contributed by atoms with Gasteiger partial charge in [0.15, 0.2) is 5.78 Å². The molecule has 3 rings (SSSR count). The monoisotopic (exact) mass is 360 g/mol. The quantitative estimate of drug-likeness (QED) is 0.531. The number of alkyl halides is 3. The van der Waals surface area contributed by atoms with E-state index in [0.29, 0.717) is 17.7 Å². The number of allylic oxidation sites excluding steroid dienone is 1. The first-order valence-electron chi connectivity index (χ1n) is 8.27. The molecular weight excluding hydrogens is 341 g/mol. The molecular formula is C21H19F3O2. The second-order valence-corrected chi connectivity index (χ2v) is 7.16. The molecule has 0 atom stereocenters. The van der Waals surface area contributed by atoms with E-state index in [4.69, 9.17) is 4.74 Å². The van der Waals surface area contributed by atoms with Crippen molar-refractivity contribution >= 4 is 11.9 Å². The van der Waals surface area contributed by atoms with E-state index in [-0.39, 0.29) is 5.56 Å². The Morgan fingerprint density at radius 2 is 1.77 bits per heavy atom. The number of ketones is 1. The topological polar surface area (TPSA) is 26.3 Å². The van der Waals surface area contributed by atoms with Crippen molar-refractivity contribution in [1.29, 1.82) is 0 Å². The fraction of sp³-hybridized carbons (Fsp3) is 0.286. The molecule has 26 heavy (non-hydrogen) atoms. The summed E-state index contributed by atoms with van der Waals surface area (Å²) in [5, 5.41) is 0. The Labute approximate surface area is 150 Å². The molecule has 0 aromatic heterocycles. The van der Waals surface area contributed by atoms with Gasteiger partial charge in [0.25, 0.3) is 0 Å². The van der Waals surface area contributed by atoms with Crippen molar-refractivity contribution in [1.82, 2.24) is 0 Å². The van der Waals surface area contributed by atoms with E-state index in [1.54, 1.807) is 30.3 Å². The predicted octanol–water partition coefficient (Wildman–Crippen LogP) is 5.54. The minimum atomic E-state index is -4.74. The number of carbonyl (C=O) groups excluding carboxylic acids is 1. The highest BCUT2D eigenvalue weighted by molar-refractivity contribution is 6.12. The lowest BCUT2D eigenvalue weighted by atomic mass is 9.96. The smallest absolute Gasteiger partial charge is 0.420 e. The van der Waals surface area contributed by atoms with Crippen LogP contribution in [0.1, 0.15) is 40.9 Å². The Morgan fingerprint density at radius 3 is 2.38 bits per heavy atom. The molecule has 0 saturated carbocycles.